The molecule has 0 atom stereocenters. The number of nitrogens with zero attached hydrogens (tertiary/aromatic N) is 2. The number of non-ortho nitro benzene ring substituents is 1. The summed E-state index contributed by atoms with van der Waals surface area (Å²) in [5.74, 6) is -1.40. The second-order valence-corrected chi connectivity index (χ2v) is 4.19. The molecular formula is C12H15FN2O4. The molecule has 0 heterocycles. The van der Waals surface area contributed by atoms with Gasteiger partial charge in [-0.2, -0.15) is 0 Å². The standard InChI is InChI=1S/C12H15FN2O4/c1-8-6-9(15(18)19)7-10(11(8)13)12(17)14(2)4-3-5-16/h6-7,16H,3-5H2,1-2H3. The minimum Gasteiger partial charge on any atom is -0.396 e. The lowest BCUT2D eigenvalue weighted by atomic mass is 10.1. The zero-order chi connectivity index (χ0) is 14.6. The van der Waals surface area contributed by atoms with Gasteiger partial charge in [-0.05, 0) is 18.9 Å². The molecule has 0 radical (unpaired) electrons. The zero-order valence-corrected chi connectivity index (χ0v) is 10.7. The minimum atomic E-state index is -0.758. The van der Waals surface area contributed by atoms with Crippen LogP contribution in [0.4, 0.5) is 10.1 Å². The second kappa shape index (κ2) is 6.24. The van der Waals surface area contributed by atoms with Crippen LogP contribution in [-0.4, -0.2) is 41.0 Å². The first-order valence-corrected chi connectivity index (χ1v) is 5.69. The zero-order valence-electron chi connectivity index (χ0n) is 10.7. The van der Waals surface area contributed by atoms with Crippen LogP contribution in [0.5, 0.6) is 0 Å². The Bertz CT molecular complexity index is 505. The maximum atomic E-state index is 13.9. The van der Waals surface area contributed by atoms with Crippen LogP contribution in [0.15, 0.2) is 12.1 Å². The van der Waals surface area contributed by atoms with Gasteiger partial charge in [-0.15, -0.1) is 0 Å². The van der Waals surface area contributed by atoms with Gasteiger partial charge in [0.25, 0.3) is 11.6 Å². The number of aliphatic hydroxyl groups is 1. The normalized spacial score (nSPS) is 10.3. The number of aryl methyl sites for hydroxylation is 1. The number of benzene rings is 1. The fraction of sp³-hybridized carbons (Fsp3) is 0.417. The van der Waals surface area contributed by atoms with E-state index >= 15 is 0 Å². The number of carbonyl (C=O) groups excluding carboxylic acids is 1. The molecule has 0 saturated heterocycles. The van der Waals surface area contributed by atoms with Crippen molar-refractivity contribution in [2.45, 2.75) is 13.3 Å². The summed E-state index contributed by atoms with van der Waals surface area (Å²) in [6.07, 6.45) is 0.359. The molecular weight excluding hydrogens is 255 g/mol. The lowest BCUT2D eigenvalue weighted by Crippen LogP contribution is -2.29. The van der Waals surface area contributed by atoms with Crippen LogP contribution in [0, 0.1) is 22.9 Å². The van der Waals surface area contributed by atoms with Gasteiger partial charge in [-0.1, -0.05) is 0 Å². The Morgan fingerprint density at radius 1 is 1.53 bits per heavy atom. The van der Waals surface area contributed by atoms with E-state index in [1.54, 1.807) is 0 Å². The third-order valence-corrected chi connectivity index (χ3v) is 2.68. The summed E-state index contributed by atoms with van der Waals surface area (Å²) in [6.45, 7) is 1.53. The first-order chi connectivity index (χ1) is 8.88. The minimum absolute atomic E-state index is 0.0492. The molecule has 1 aromatic rings. The molecule has 0 bridgehead atoms. The predicted octanol–water partition coefficient (Wildman–Crippen LogP) is 1.50. The molecule has 0 spiro atoms. The van der Waals surface area contributed by atoms with Gasteiger partial charge in [0.2, 0.25) is 0 Å². The van der Waals surface area contributed by atoms with Crippen LogP contribution in [0.1, 0.15) is 22.3 Å². The van der Waals surface area contributed by atoms with Crippen molar-refractivity contribution in [1.29, 1.82) is 0 Å². The topological polar surface area (TPSA) is 83.7 Å². The van der Waals surface area contributed by atoms with E-state index in [-0.39, 0.29) is 30.0 Å². The lowest BCUT2D eigenvalue weighted by Gasteiger charge is -2.17. The molecule has 6 nitrogen and oxygen atoms in total. The highest BCUT2D eigenvalue weighted by atomic mass is 19.1. The number of halogens is 1. The number of hydrogen-bond donors (Lipinski definition) is 1. The molecule has 0 aromatic heterocycles. The molecule has 1 amide bonds. The Hall–Kier alpha value is -2.02. The van der Waals surface area contributed by atoms with Crippen molar-refractivity contribution in [3.8, 4) is 0 Å². The molecule has 1 aromatic carbocycles. The Labute approximate surface area is 109 Å². The summed E-state index contributed by atoms with van der Waals surface area (Å²) < 4.78 is 13.9. The second-order valence-electron chi connectivity index (χ2n) is 4.19. The molecule has 0 unspecified atom stereocenters. The molecule has 0 aliphatic heterocycles. The summed E-state index contributed by atoms with van der Waals surface area (Å²) in [5.41, 5.74) is -0.599. The summed E-state index contributed by atoms with van der Waals surface area (Å²) in [4.78, 5) is 23.2. The summed E-state index contributed by atoms with van der Waals surface area (Å²) in [5, 5.41) is 19.4. The number of nitro benzene ring substituents is 1. The number of hydrogen-bond acceptors (Lipinski definition) is 4. The van der Waals surface area contributed by atoms with Gasteiger partial charge in [0.05, 0.1) is 10.5 Å². The first-order valence-electron chi connectivity index (χ1n) is 5.69. The average molecular weight is 270 g/mol. The number of amides is 1. The van der Waals surface area contributed by atoms with Gasteiger partial charge in [-0.3, -0.25) is 14.9 Å². The highest BCUT2D eigenvalue weighted by molar-refractivity contribution is 5.95. The van der Waals surface area contributed by atoms with Gasteiger partial charge in [0, 0.05) is 32.3 Å². The number of rotatable bonds is 5. The van der Waals surface area contributed by atoms with E-state index in [1.165, 1.54) is 18.9 Å². The van der Waals surface area contributed by atoms with Gasteiger partial charge < -0.3 is 10.0 Å². The fourth-order valence-electron chi connectivity index (χ4n) is 1.63. The van der Waals surface area contributed by atoms with Crippen LogP contribution in [0.2, 0.25) is 0 Å². The number of nitro groups is 1. The van der Waals surface area contributed by atoms with Crippen LogP contribution >= 0.6 is 0 Å². The van der Waals surface area contributed by atoms with Crippen molar-refractivity contribution in [2.75, 3.05) is 20.2 Å². The maximum Gasteiger partial charge on any atom is 0.270 e. The van der Waals surface area contributed by atoms with Gasteiger partial charge >= 0.3 is 0 Å². The van der Waals surface area contributed by atoms with E-state index in [2.05, 4.69) is 0 Å². The van der Waals surface area contributed by atoms with E-state index in [9.17, 15) is 19.3 Å². The molecule has 19 heavy (non-hydrogen) atoms. The third kappa shape index (κ3) is 3.47. The summed E-state index contributed by atoms with van der Waals surface area (Å²) >= 11 is 0. The van der Waals surface area contributed by atoms with Crippen molar-refractivity contribution in [1.82, 2.24) is 4.90 Å². The Balaban J connectivity index is 3.11. The molecule has 0 aliphatic carbocycles. The Morgan fingerprint density at radius 3 is 2.68 bits per heavy atom. The van der Waals surface area contributed by atoms with Crippen LogP contribution < -0.4 is 0 Å². The fourth-order valence-corrected chi connectivity index (χ4v) is 1.63. The van der Waals surface area contributed by atoms with Gasteiger partial charge in [-0.25, -0.2) is 4.39 Å². The average Bonchev–Trinajstić information content (AvgIpc) is 2.37. The highest BCUT2D eigenvalue weighted by Crippen LogP contribution is 2.22. The van der Waals surface area contributed by atoms with Gasteiger partial charge in [0.1, 0.15) is 5.82 Å². The molecule has 104 valence electrons. The molecule has 7 heteroatoms. The monoisotopic (exact) mass is 270 g/mol. The lowest BCUT2D eigenvalue weighted by molar-refractivity contribution is -0.385. The third-order valence-electron chi connectivity index (χ3n) is 2.68. The van der Waals surface area contributed by atoms with Crippen molar-refractivity contribution in [3.05, 3.63) is 39.2 Å². The van der Waals surface area contributed by atoms with Crippen LogP contribution in [0.3, 0.4) is 0 Å². The van der Waals surface area contributed by atoms with Gasteiger partial charge in [0.15, 0.2) is 0 Å². The van der Waals surface area contributed by atoms with Crippen molar-refractivity contribution in [3.63, 3.8) is 0 Å². The Morgan fingerprint density at radius 2 is 2.16 bits per heavy atom. The van der Waals surface area contributed by atoms with Crippen LogP contribution in [-0.2, 0) is 0 Å². The Kier molecular flexibility index (Phi) is 4.94. The molecule has 1 rings (SSSR count). The molecule has 0 aliphatic rings. The maximum absolute atomic E-state index is 13.9. The van der Waals surface area contributed by atoms with E-state index in [1.807, 2.05) is 0 Å². The number of aliphatic hydroxyl groups excluding tert-OH is 1. The first kappa shape index (κ1) is 15.0. The van der Waals surface area contributed by atoms with E-state index < -0.39 is 16.6 Å². The SMILES string of the molecule is Cc1cc([N+](=O)[O-])cc(C(=O)N(C)CCCO)c1F. The van der Waals surface area contributed by atoms with E-state index in [0.717, 1.165) is 12.1 Å². The summed E-state index contributed by atoms with van der Waals surface area (Å²) in [6, 6.07) is 2.01. The molecule has 0 fully saturated rings. The quantitative estimate of drug-likeness (QED) is 0.649. The predicted molar refractivity (Wildman–Crippen MR) is 66.5 cm³/mol. The van der Waals surface area contributed by atoms with E-state index in [4.69, 9.17) is 5.11 Å². The largest absolute Gasteiger partial charge is 0.396 e. The number of carbonyl (C=O) groups is 1. The van der Waals surface area contributed by atoms with Crippen molar-refractivity contribution >= 4 is 11.6 Å². The van der Waals surface area contributed by atoms with Crippen molar-refractivity contribution < 1.29 is 19.2 Å². The van der Waals surface area contributed by atoms with Crippen molar-refractivity contribution in [2.24, 2.45) is 0 Å². The van der Waals surface area contributed by atoms with E-state index in [0.29, 0.717) is 6.42 Å². The summed E-state index contributed by atoms with van der Waals surface area (Å²) in [7, 11) is 1.45. The molecule has 0 saturated carbocycles. The van der Waals surface area contributed by atoms with Crippen LogP contribution in [0.25, 0.3) is 0 Å². The molecule has 1 N–H and O–H groups in total. The smallest absolute Gasteiger partial charge is 0.270 e. The highest BCUT2D eigenvalue weighted by Gasteiger charge is 2.21.